The summed E-state index contributed by atoms with van der Waals surface area (Å²) in [5.41, 5.74) is 0. The maximum atomic E-state index is 5.64. The van der Waals surface area contributed by atoms with E-state index in [-0.39, 0.29) is 0 Å². The summed E-state index contributed by atoms with van der Waals surface area (Å²) in [7, 11) is 0. The first kappa shape index (κ1) is 10.9. The predicted molar refractivity (Wildman–Crippen MR) is 71.2 cm³/mol. The molecule has 0 fully saturated rings. The number of rotatable bonds is 2. The lowest BCUT2D eigenvalue weighted by molar-refractivity contribution is 0.459. The van der Waals surface area contributed by atoms with Crippen molar-refractivity contribution in [3.8, 4) is 11.6 Å². The number of nitrogens with zero attached hydrogens (tertiary/aromatic N) is 1. The molecule has 0 N–H and O–H groups in total. The molecule has 0 aliphatic rings. The quantitative estimate of drug-likeness (QED) is 0.578. The van der Waals surface area contributed by atoms with Gasteiger partial charge in [0, 0.05) is 6.07 Å². The van der Waals surface area contributed by atoms with Crippen LogP contribution in [0, 0.1) is 3.57 Å². The number of hydrogen-bond donors (Lipinski definition) is 0. The average Bonchev–Trinajstić information content (AvgIpc) is 2.22. The Bertz CT molecular complexity index is 476. The highest BCUT2D eigenvalue weighted by Gasteiger charge is 2.02. The van der Waals surface area contributed by atoms with Gasteiger partial charge in [-0.2, -0.15) is 0 Å². The molecule has 0 unspecified atom stereocenters. The fourth-order valence-corrected chi connectivity index (χ4v) is 1.91. The van der Waals surface area contributed by atoms with Crippen LogP contribution in [0.25, 0.3) is 0 Å². The Kier molecular flexibility index (Phi) is 3.58. The van der Waals surface area contributed by atoms with Gasteiger partial charge in [0.25, 0.3) is 0 Å². The van der Waals surface area contributed by atoms with Gasteiger partial charge in [-0.15, -0.1) is 0 Å². The first-order valence-corrected chi connectivity index (χ1v) is 6.18. The van der Waals surface area contributed by atoms with E-state index in [1.807, 2.05) is 42.5 Å². The third-order valence-electron chi connectivity index (χ3n) is 1.74. The van der Waals surface area contributed by atoms with Gasteiger partial charge in [0.2, 0.25) is 5.88 Å². The summed E-state index contributed by atoms with van der Waals surface area (Å²) < 4.78 is 7.48. The van der Waals surface area contributed by atoms with Crippen molar-refractivity contribution in [2.24, 2.45) is 0 Å². The molecule has 0 amide bonds. The average molecular weight is 376 g/mol. The summed E-state index contributed by atoms with van der Waals surface area (Å²) in [5, 5.41) is 0. The molecular weight excluding hydrogens is 369 g/mol. The lowest BCUT2D eigenvalue weighted by atomic mass is 10.3. The zero-order valence-electron chi connectivity index (χ0n) is 7.65. The molecule has 76 valence electrons. The van der Waals surface area contributed by atoms with Crippen LogP contribution in [0.15, 0.2) is 47.1 Å². The molecule has 2 rings (SSSR count). The molecule has 15 heavy (non-hydrogen) atoms. The number of aromatic nitrogens is 1. The number of para-hydroxylation sites is 1. The lowest BCUT2D eigenvalue weighted by Crippen LogP contribution is -1.89. The maximum Gasteiger partial charge on any atom is 0.220 e. The number of benzene rings is 1. The molecule has 0 bridgehead atoms. The van der Waals surface area contributed by atoms with E-state index in [0.29, 0.717) is 5.88 Å². The van der Waals surface area contributed by atoms with Crippen molar-refractivity contribution in [2.45, 2.75) is 0 Å². The van der Waals surface area contributed by atoms with E-state index in [0.717, 1.165) is 13.9 Å². The first-order chi connectivity index (χ1) is 7.25. The van der Waals surface area contributed by atoms with Crippen LogP contribution in [0.1, 0.15) is 0 Å². The van der Waals surface area contributed by atoms with Crippen LogP contribution < -0.4 is 4.74 Å². The standard InChI is InChI=1S/C11H7BrINO/c12-10-6-3-7-11(14-10)15-9-5-2-1-4-8(9)13/h1-7H. The second-order valence-corrected chi connectivity index (χ2v) is 4.81. The van der Waals surface area contributed by atoms with E-state index in [1.54, 1.807) is 0 Å². The van der Waals surface area contributed by atoms with Crippen molar-refractivity contribution >= 4 is 38.5 Å². The Balaban J connectivity index is 2.26. The highest BCUT2D eigenvalue weighted by atomic mass is 127. The minimum Gasteiger partial charge on any atom is -0.438 e. The number of hydrogen-bond acceptors (Lipinski definition) is 2. The molecule has 2 aromatic rings. The fourth-order valence-electron chi connectivity index (χ4n) is 1.09. The van der Waals surface area contributed by atoms with Gasteiger partial charge in [-0.3, -0.25) is 0 Å². The van der Waals surface area contributed by atoms with E-state index >= 15 is 0 Å². The fraction of sp³-hybridized carbons (Fsp3) is 0. The molecule has 2 nitrogen and oxygen atoms in total. The van der Waals surface area contributed by atoms with Gasteiger partial charge < -0.3 is 4.74 Å². The third kappa shape index (κ3) is 2.92. The zero-order chi connectivity index (χ0) is 10.7. The van der Waals surface area contributed by atoms with E-state index in [2.05, 4.69) is 43.5 Å². The van der Waals surface area contributed by atoms with E-state index < -0.39 is 0 Å². The Labute approximate surface area is 110 Å². The van der Waals surface area contributed by atoms with Gasteiger partial charge >= 0.3 is 0 Å². The van der Waals surface area contributed by atoms with Crippen LogP contribution in [0.4, 0.5) is 0 Å². The van der Waals surface area contributed by atoms with Crippen molar-refractivity contribution in [2.75, 3.05) is 0 Å². The van der Waals surface area contributed by atoms with Gasteiger partial charge in [0.15, 0.2) is 0 Å². The minimum absolute atomic E-state index is 0.591. The molecule has 0 aliphatic carbocycles. The van der Waals surface area contributed by atoms with Crippen LogP contribution in [-0.2, 0) is 0 Å². The monoisotopic (exact) mass is 375 g/mol. The van der Waals surface area contributed by atoms with Gasteiger partial charge in [-0.05, 0) is 56.7 Å². The molecular formula is C11H7BrINO. The summed E-state index contributed by atoms with van der Waals surface area (Å²) in [6.45, 7) is 0. The molecule has 0 atom stereocenters. The van der Waals surface area contributed by atoms with E-state index in [4.69, 9.17) is 4.74 Å². The Morgan fingerprint density at radius 1 is 1.07 bits per heavy atom. The van der Waals surface area contributed by atoms with Crippen molar-refractivity contribution in [3.05, 3.63) is 50.6 Å². The highest BCUT2D eigenvalue weighted by Crippen LogP contribution is 2.25. The SMILES string of the molecule is Brc1cccc(Oc2ccccc2I)n1. The van der Waals surface area contributed by atoms with Gasteiger partial charge in [-0.1, -0.05) is 18.2 Å². The number of pyridine rings is 1. The topological polar surface area (TPSA) is 22.1 Å². The molecule has 1 aromatic carbocycles. The van der Waals surface area contributed by atoms with Crippen LogP contribution in [0.3, 0.4) is 0 Å². The minimum atomic E-state index is 0.591. The van der Waals surface area contributed by atoms with Crippen molar-refractivity contribution in [1.29, 1.82) is 0 Å². The maximum absolute atomic E-state index is 5.64. The third-order valence-corrected chi connectivity index (χ3v) is 3.07. The zero-order valence-corrected chi connectivity index (χ0v) is 11.4. The summed E-state index contributed by atoms with van der Waals surface area (Å²) >= 11 is 5.53. The van der Waals surface area contributed by atoms with Crippen LogP contribution in [-0.4, -0.2) is 4.98 Å². The Morgan fingerprint density at radius 3 is 2.60 bits per heavy atom. The van der Waals surface area contributed by atoms with Crippen LogP contribution in [0.5, 0.6) is 11.6 Å². The predicted octanol–water partition coefficient (Wildman–Crippen LogP) is 4.24. The summed E-state index contributed by atoms with van der Waals surface area (Å²) in [5.74, 6) is 1.41. The van der Waals surface area contributed by atoms with Crippen molar-refractivity contribution < 1.29 is 4.74 Å². The molecule has 1 aromatic heterocycles. The normalized spacial score (nSPS) is 10.0. The molecule has 4 heteroatoms. The lowest BCUT2D eigenvalue weighted by Gasteiger charge is -2.06. The number of halogens is 2. The van der Waals surface area contributed by atoms with Crippen molar-refractivity contribution in [1.82, 2.24) is 4.98 Å². The Morgan fingerprint density at radius 2 is 1.87 bits per heavy atom. The van der Waals surface area contributed by atoms with E-state index in [9.17, 15) is 0 Å². The van der Waals surface area contributed by atoms with Gasteiger partial charge in [0.05, 0.1) is 3.57 Å². The first-order valence-electron chi connectivity index (χ1n) is 4.30. The van der Waals surface area contributed by atoms with E-state index in [1.165, 1.54) is 0 Å². The van der Waals surface area contributed by atoms with Gasteiger partial charge in [0.1, 0.15) is 10.4 Å². The summed E-state index contributed by atoms with van der Waals surface area (Å²) in [6, 6.07) is 13.4. The second kappa shape index (κ2) is 4.94. The molecule has 0 saturated carbocycles. The smallest absolute Gasteiger partial charge is 0.220 e. The summed E-state index contributed by atoms with van der Waals surface area (Å²) in [4.78, 5) is 4.20. The second-order valence-electron chi connectivity index (χ2n) is 2.83. The van der Waals surface area contributed by atoms with Crippen LogP contribution >= 0.6 is 38.5 Å². The Hall–Kier alpha value is -0.620. The van der Waals surface area contributed by atoms with Gasteiger partial charge in [-0.25, -0.2) is 4.98 Å². The molecule has 0 aliphatic heterocycles. The van der Waals surface area contributed by atoms with Crippen molar-refractivity contribution in [3.63, 3.8) is 0 Å². The molecule has 1 heterocycles. The number of ether oxygens (including phenoxy) is 1. The molecule has 0 saturated heterocycles. The summed E-state index contributed by atoms with van der Waals surface area (Å²) in [6.07, 6.45) is 0. The molecule has 0 radical (unpaired) electrons. The largest absolute Gasteiger partial charge is 0.438 e. The van der Waals surface area contributed by atoms with Crippen LogP contribution in [0.2, 0.25) is 0 Å². The molecule has 0 spiro atoms. The highest BCUT2D eigenvalue weighted by molar-refractivity contribution is 14.1.